The average molecular weight is 534 g/mol. The SMILES string of the molecule is CN=C(NCCCCn1c(C)cccc1=O)NCc1ccccc1Cn1cccn1.I. The summed E-state index contributed by atoms with van der Waals surface area (Å²) in [5.41, 5.74) is 3.51. The summed E-state index contributed by atoms with van der Waals surface area (Å²) in [6.45, 7) is 4.94. The molecule has 2 aromatic heterocycles. The van der Waals surface area contributed by atoms with Crippen molar-refractivity contribution in [3.8, 4) is 0 Å². The molecule has 166 valence electrons. The Morgan fingerprint density at radius 2 is 1.84 bits per heavy atom. The molecule has 1 aromatic carbocycles. The van der Waals surface area contributed by atoms with Crippen LogP contribution < -0.4 is 16.2 Å². The molecule has 3 rings (SSSR count). The number of aryl methyl sites for hydroxylation is 1. The number of guanidine groups is 1. The molecule has 0 aliphatic rings. The molecular formula is C23H31IN6O. The first kappa shape index (κ1) is 24.6. The Morgan fingerprint density at radius 3 is 2.55 bits per heavy atom. The maximum absolute atomic E-state index is 11.9. The van der Waals surface area contributed by atoms with E-state index in [0.29, 0.717) is 6.54 Å². The van der Waals surface area contributed by atoms with Gasteiger partial charge in [0, 0.05) is 50.8 Å². The van der Waals surface area contributed by atoms with Crippen LogP contribution in [0.4, 0.5) is 0 Å². The van der Waals surface area contributed by atoms with Crippen LogP contribution in [0.5, 0.6) is 0 Å². The number of aromatic nitrogens is 3. The summed E-state index contributed by atoms with van der Waals surface area (Å²) in [7, 11) is 1.78. The fraction of sp³-hybridized carbons (Fsp3) is 0.348. The summed E-state index contributed by atoms with van der Waals surface area (Å²) < 4.78 is 3.75. The van der Waals surface area contributed by atoms with Gasteiger partial charge >= 0.3 is 0 Å². The zero-order valence-corrected chi connectivity index (χ0v) is 20.5. The molecule has 0 atom stereocenters. The normalized spacial score (nSPS) is 11.1. The number of aliphatic imine (C=N–C) groups is 1. The van der Waals surface area contributed by atoms with Crippen LogP contribution in [0.25, 0.3) is 0 Å². The topological polar surface area (TPSA) is 76.2 Å². The van der Waals surface area contributed by atoms with Gasteiger partial charge in [-0.25, -0.2) is 0 Å². The fourth-order valence-electron chi connectivity index (χ4n) is 3.36. The summed E-state index contributed by atoms with van der Waals surface area (Å²) in [6, 6.07) is 15.7. The van der Waals surface area contributed by atoms with Crippen molar-refractivity contribution in [3.63, 3.8) is 0 Å². The van der Waals surface area contributed by atoms with Gasteiger partial charge in [-0.05, 0) is 43.0 Å². The van der Waals surface area contributed by atoms with Gasteiger partial charge in [-0.1, -0.05) is 30.3 Å². The van der Waals surface area contributed by atoms with Crippen LogP contribution in [0, 0.1) is 6.92 Å². The van der Waals surface area contributed by atoms with Crippen LogP contribution >= 0.6 is 24.0 Å². The van der Waals surface area contributed by atoms with Gasteiger partial charge in [-0.2, -0.15) is 5.10 Å². The second kappa shape index (κ2) is 12.9. The smallest absolute Gasteiger partial charge is 0.250 e. The molecule has 7 nitrogen and oxygen atoms in total. The summed E-state index contributed by atoms with van der Waals surface area (Å²) >= 11 is 0. The highest BCUT2D eigenvalue weighted by Gasteiger charge is 2.05. The summed E-state index contributed by atoms with van der Waals surface area (Å²) in [5.74, 6) is 0.775. The highest BCUT2D eigenvalue weighted by Crippen LogP contribution is 2.10. The van der Waals surface area contributed by atoms with Gasteiger partial charge in [0.1, 0.15) is 0 Å². The lowest BCUT2D eigenvalue weighted by Gasteiger charge is -2.15. The van der Waals surface area contributed by atoms with Crippen LogP contribution in [-0.4, -0.2) is 33.9 Å². The van der Waals surface area contributed by atoms with E-state index in [0.717, 1.165) is 44.1 Å². The van der Waals surface area contributed by atoms with Crippen molar-refractivity contribution in [1.82, 2.24) is 25.0 Å². The summed E-state index contributed by atoms with van der Waals surface area (Å²) in [4.78, 5) is 16.2. The van der Waals surface area contributed by atoms with Crippen LogP contribution in [0.2, 0.25) is 0 Å². The maximum atomic E-state index is 11.9. The van der Waals surface area contributed by atoms with Crippen molar-refractivity contribution in [2.45, 2.75) is 39.4 Å². The molecule has 31 heavy (non-hydrogen) atoms. The molecule has 0 saturated carbocycles. The molecule has 0 aliphatic carbocycles. The van der Waals surface area contributed by atoms with Crippen LogP contribution in [0.3, 0.4) is 0 Å². The van der Waals surface area contributed by atoms with Crippen LogP contribution in [0.1, 0.15) is 29.7 Å². The average Bonchev–Trinajstić information content (AvgIpc) is 3.26. The van der Waals surface area contributed by atoms with Gasteiger partial charge in [-0.15, -0.1) is 24.0 Å². The third kappa shape index (κ3) is 7.54. The van der Waals surface area contributed by atoms with Crippen molar-refractivity contribution >= 4 is 29.9 Å². The molecule has 0 unspecified atom stereocenters. The van der Waals surface area contributed by atoms with Gasteiger partial charge in [-0.3, -0.25) is 14.5 Å². The number of unbranched alkanes of at least 4 members (excludes halogenated alkanes) is 1. The van der Waals surface area contributed by atoms with E-state index >= 15 is 0 Å². The van der Waals surface area contributed by atoms with E-state index in [4.69, 9.17) is 0 Å². The van der Waals surface area contributed by atoms with Crippen LogP contribution in [0.15, 0.2) is 70.7 Å². The predicted molar refractivity (Wildman–Crippen MR) is 136 cm³/mol. The van der Waals surface area contributed by atoms with Crippen molar-refractivity contribution in [2.24, 2.45) is 4.99 Å². The Labute approximate surface area is 200 Å². The molecule has 0 spiro atoms. The minimum absolute atomic E-state index is 0. The quantitative estimate of drug-likeness (QED) is 0.192. The highest BCUT2D eigenvalue weighted by molar-refractivity contribution is 14.0. The van der Waals surface area contributed by atoms with Gasteiger partial charge in [0.15, 0.2) is 5.96 Å². The first-order valence-corrected chi connectivity index (χ1v) is 10.3. The molecule has 0 bridgehead atoms. The van der Waals surface area contributed by atoms with E-state index in [2.05, 4.69) is 38.9 Å². The monoisotopic (exact) mass is 534 g/mol. The van der Waals surface area contributed by atoms with E-state index in [9.17, 15) is 4.79 Å². The first-order chi connectivity index (χ1) is 14.7. The number of halogens is 1. The first-order valence-electron chi connectivity index (χ1n) is 10.3. The predicted octanol–water partition coefficient (Wildman–Crippen LogP) is 3.16. The number of pyridine rings is 1. The Morgan fingerprint density at radius 1 is 1.03 bits per heavy atom. The molecule has 3 aromatic rings. The second-order valence-corrected chi connectivity index (χ2v) is 7.19. The molecule has 0 saturated heterocycles. The number of nitrogens with one attached hydrogen (secondary N) is 2. The zero-order valence-electron chi connectivity index (χ0n) is 18.1. The van der Waals surface area contributed by atoms with Crippen molar-refractivity contribution in [3.05, 3.63) is 88.1 Å². The third-order valence-corrected chi connectivity index (χ3v) is 5.05. The summed E-state index contributed by atoms with van der Waals surface area (Å²) in [5, 5.41) is 11.0. The molecule has 2 N–H and O–H groups in total. The van der Waals surface area contributed by atoms with Gasteiger partial charge in [0.05, 0.1) is 6.54 Å². The standard InChI is InChI=1S/C23H30N6O.HI/c1-19-9-7-12-22(30)29(19)16-6-5-13-25-23(24-2)26-17-20-10-3-4-11-21(20)18-28-15-8-14-27-28;/h3-4,7-12,14-15H,5-6,13,16-18H2,1-2H3,(H2,24,25,26);1H. The minimum atomic E-state index is 0. The van der Waals surface area contributed by atoms with E-state index in [1.165, 1.54) is 11.1 Å². The number of nitrogens with zero attached hydrogens (tertiary/aromatic N) is 4. The molecule has 0 aliphatic heterocycles. The Kier molecular flexibility index (Phi) is 10.3. The van der Waals surface area contributed by atoms with E-state index < -0.39 is 0 Å². The minimum Gasteiger partial charge on any atom is -0.356 e. The van der Waals surface area contributed by atoms with E-state index in [1.54, 1.807) is 25.4 Å². The third-order valence-electron chi connectivity index (χ3n) is 5.05. The number of hydrogen-bond donors (Lipinski definition) is 2. The largest absolute Gasteiger partial charge is 0.356 e. The highest BCUT2D eigenvalue weighted by atomic mass is 127. The van der Waals surface area contributed by atoms with Gasteiger partial charge in [0.25, 0.3) is 5.56 Å². The number of rotatable bonds is 9. The van der Waals surface area contributed by atoms with Gasteiger partial charge < -0.3 is 15.2 Å². The maximum Gasteiger partial charge on any atom is 0.250 e. The molecular weight excluding hydrogens is 503 g/mol. The molecule has 2 heterocycles. The Hall–Kier alpha value is -2.62. The Balaban J connectivity index is 0.00000341. The second-order valence-electron chi connectivity index (χ2n) is 7.19. The number of hydrogen-bond acceptors (Lipinski definition) is 3. The van der Waals surface area contributed by atoms with Gasteiger partial charge in [0.2, 0.25) is 0 Å². The van der Waals surface area contributed by atoms with Crippen molar-refractivity contribution < 1.29 is 0 Å². The lowest BCUT2D eigenvalue weighted by molar-refractivity contribution is 0.574. The molecule has 8 heteroatoms. The van der Waals surface area contributed by atoms with E-state index in [-0.39, 0.29) is 29.5 Å². The zero-order chi connectivity index (χ0) is 21.2. The lowest BCUT2D eigenvalue weighted by atomic mass is 10.1. The molecule has 0 amide bonds. The lowest BCUT2D eigenvalue weighted by Crippen LogP contribution is -2.37. The van der Waals surface area contributed by atoms with Crippen molar-refractivity contribution in [1.29, 1.82) is 0 Å². The van der Waals surface area contributed by atoms with Crippen molar-refractivity contribution in [2.75, 3.05) is 13.6 Å². The van der Waals surface area contributed by atoms with Crippen LogP contribution in [-0.2, 0) is 19.6 Å². The fourth-order valence-corrected chi connectivity index (χ4v) is 3.36. The molecule has 0 radical (unpaired) electrons. The van der Waals surface area contributed by atoms with E-state index in [1.807, 2.05) is 40.6 Å². The summed E-state index contributed by atoms with van der Waals surface area (Å²) in [6.07, 6.45) is 5.65. The molecule has 0 fully saturated rings. The number of benzene rings is 1. The Bertz CT molecular complexity index is 1010.